The molecular formula is C18H24ClN3O3S. The van der Waals surface area contributed by atoms with Gasteiger partial charge in [0.25, 0.3) is 0 Å². The van der Waals surface area contributed by atoms with E-state index >= 15 is 0 Å². The minimum atomic E-state index is -0.611. The SMILES string of the molecule is CC(O)c1csc(-c2ccccc2NC(=O)OCC2CCNCC2)n1.Cl. The summed E-state index contributed by atoms with van der Waals surface area (Å²) in [6.07, 6.45) is 1.01. The Morgan fingerprint density at radius 2 is 2.15 bits per heavy atom. The van der Waals surface area contributed by atoms with Gasteiger partial charge in [-0.3, -0.25) is 5.32 Å². The van der Waals surface area contributed by atoms with Crippen LogP contribution in [-0.2, 0) is 4.74 Å². The molecule has 0 aliphatic carbocycles. The molecule has 1 amide bonds. The van der Waals surface area contributed by atoms with Crippen molar-refractivity contribution < 1.29 is 14.6 Å². The second-order valence-corrected chi connectivity index (χ2v) is 7.07. The highest BCUT2D eigenvalue weighted by molar-refractivity contribution is 7.13. The van der Waals surface area contributed by atoms with Crippen molar-refractivity contribution in [2.45, 2.75) is 25.9 Å². The van der Waals surface area contributed by atoms with Gasteiger partial charge in [0.05, 0.1) is 24.1 Å². The van der Waals surface area contributed by atoms with Crippen LogP contribution in [0.15, 0.2) is 29.6 Å². The van der Waals surface area contributed by atoms with Crippen LogP contribution in [0.2, 0.25) is 0 Å². The molecule has 8 heteroatoms. The summed E-state index contributed by atoms with van der Waals surface area (Å²) in [5.74, 6) is 0.426. The van der Waals surface area contributed by atoms with E-state index in [-0.39, 0.29) is 12.4 Å². The normalized spacial score (nSPS) is 15.8. The predicted octanol–water partition coefficient (Wildman–Crippen LogP) is 3.83. The van der Waals surface area contributed by atoms with Gasteiger partial charge in [-0.05, 0) is 50.9 Å². The molecule has 3 rings (SSSR count). The molecule has 1 aromatic heterocycles. The Morgan fingerprint density at radius 1 is 1.42 bits per heavy atom. The number of para-hydroxylation sites is 1. The molecule has 1 unspecified atom stereocenters. The Hall–Kier alpha value is -1.67. The molecule has 0 saturated carbocycles. The van der Waals surface area contributed by atoms with E-state index in [0.717, 1.165) is 36.5 Å². The number of aliphatic hydroxyl groups excluding tert-OH is 1. The van der Waals surface area contributed by atoms with Crippen molar-refractivity contribution in [2.24, 2.45) is 5.92 Å². The van der Waals surface area contributed by atoms with Gasteiger partial charge in [-0.2, -0.15) is 0 Å². The number of nitrogens with zero attached hydrogens (tertiary/aromatic N) is 1. The van der Waals surface area contributed by atoms with Crippen LogP contribution in [0.3, 0.4) is 0 Å². The number of ether oxygens (including phenoxy) is 1. The molecule has 2 aromatic rings. The number of rotatable bonds is 5. The van der Waals surface area contributed by atoms with E-state index < -0.39 is 12.2 Å². The molecule has 1 saturated heterocycles. The zero-order valence-corrected chi connectivity index (χ0v) is 16.2. The second kappa shape index (κ2) is 9.87. The van der Waals surface area contributed by atoms with E-state index in [1.54, 1.807) is 6.92 Å². The maximum atomic E-state index is 12.1. The number of thiazole rings is 1. The van der Waals surface area contributed by atoms with Gasteiger partial charge in [-0.1, -0.05) is 12.1 Å². The highest BCUT2D eigenvalue weighted by Crippen LogP contribution is 2.32. The lowest BCUT2D eigenvalue weighted by molar-refractivity contribution is 0.131. The molecule has 0 bridgehead atoms. The minimum absolute atomic E-state index is 0. The van der Waals surface area contributed by atoms with E-state index in [9.17, 15) is 9.90 Å². The second-order valence-electron chi connectivity index (χ2n) is 6.22. The van der Waals surface area contributed by atoms with Crippen LogP contribution in [0, 0.1) is 5.92 Å². The number of aliphatic hydroxyl groups is 1. The highest BCUT2D eigenvalue weighted by Gasteiger charge is 2.17. The lowest BCUT2D eigenvalue weighted by Crippen LogP contribution is -2.31. The fourth-order valence-corrected chi connectivity index (χ4v) is 3.71. The zero-order valence-electron chi connectivity index (χ0n) is 14.6. The summed E-state index contributed by atoms with van der Waals surface area (Å²) in [6, 6.07) is 7.47. The predicted molar refractivity (Wildman–Crippen MR) is 106 cm³/mol. The molecule has 6 nitrogen and oxygen atoms in total. The summed E-state index contributed by atoms with van der Waals surface area (Å²) in [7, 11) is 0. The van der Waals surface area contributed by atoms with Crippen LogP contribution < -0.4 is 10.6 Å². The lowest BCUT2D eigenvalue weighted by atomic mass is 9.99. The zero-order chi connectivity index (χ0) is 17.6. The molecule has 1 fully saturated rings. The third kappa shape index (κ3) is 5.41. The van der Waals surface area contributed by atoms with Crippen molar-refractivity contribution in [1.82, 2.24) is 10.3 Å². The van der Waals surface area contributed by atoms with E-state index in [0.29, 0.717) is 23.9 Å². The topological polar surface area (TPSA) is 83.5 Å². The molecular weight excluding hydrogens is 374 g/mol. The van der Waals surface area contributed by atoms with Gasteiger partial charge in [0.2, 0.25) is 0 Å². The molecule has 2 heterocycles. The average Bonchev–Trinajstić information content (AvgIpc) is 3.12. The van der Waals surface area contributed by atoms with Crippen LogP contribution in [0.25, 0.3) is 10.6 Å². The molecule has 1 aliphatic rings. The van der Waals surface area contributed by atoms with Crippen molar-refractivity contribution >= 4 is 35.5 Å². The molecule has 26 heavy (non-hydrogen) atoms. The summed E-state index contributed by atoms with van der Waals surface area (Å²) >= 11 is 1.44. The van der Waals surface area contributed by atoms with Crippen LogP contribution >= 0.6 is 23.7 Å². The molecule has 142 valence electrons. The summed E-state index contributed by atoms with van der Waals surface area (Å²) < 4.78 is 5.38. The first kappa shape index (κ1) is 20.6. The van der Waals surface area contributed by atoms with Gasteiger partial charge < -0.3 is 15.2 Å². The quantitative estimate of drug-likeness (QED) is 0.714. The standard InChI is InChI=1S/C18H23N3O3S.ClH/c1-12(22)16-11-25-17(20-16)14-4-2-3-5-15(14)21-18(23)24-10-13-6-8-19-9-7-13;/h2-5,11-13,19,22H,6-10H2,1H3,(H,21,23);1H. The van der Waals surface area contributed by atoms with Crippen LogP contribution in [0.5, 0.6) is 0 Å². The number of carbonyl (C=O) groups excluding carboxylic acids is 1. The average molecular weight is 398 g/mol. The number of benzene rings is 1. The maximum absolute atomic E-state index is 12.1. The van der Waals surface area contributed by atoms with E-state index in [1.165, 1.54) is 11.3 Å². The van der Waals surface area contributed by atoms with Crippen molar-refractivity contribution in [3.8, 4) is 10.6 Å². The van der Waals surface area contributed by atoms with Crippen molar-refractivity contribution in [1.29, 1.82) is 0 Å². The van der Waals surface area contributed by atoms with E-state index in [1.807, 2.05) is 29.6 Å². The molecule has 1 aliphatic heterocycles. The first-order chi connectivity index (χ1) is 12.1. The number of aromatic nitrogens is 1. The highest BCUT2D eigenvalue weighted by atomic mass is 35.5. The summed E-state index contributed by atoms with van der Waals surface area (Å²) in [4.78, 5) is 16.6. The number of nitrogens with one attached hydrogen (secondary N) is 2. The number of hydrogen-bond acceptors (Lipinski definition) is 6. The largest absolute Gasteiger partial charge is 0.449 e. The Morgan fingerprint density at radius 3 is 2.85 bits per heavy atom. The van der Waals surface area contributed by atoms with Crippen molar-refractivity contribution in [3.05, 3.63) is 35.3 Å². The van der Waals surface area contributed by atoms with Gasteiger partial charge >= 0.3 is 6.09 Å². The Labute approximate surface area is 163 Å². The molecule has 3 N–H and O–H groups in total. The smallest absolute Gasteiger partial charge is 0.411 e. The van der Waals surface area contributed by atoms with Crippen LogP contribution in [0.1, 0.15) is 31.6 Å². The molecule has 0 spiro atoms. The first-order valence-corrected chi connectivity index (χ1v) is 9.39. The van der Waals surface area contributed by atoms with Gasteiger partial charge in [0, 0.05) is 10.9 Å². The van der Waals surface area contributed by atoms with Crippen molar-refractivity contribution in [3.63, 3.8) is 0 Å². The third-order valence-electron chi connectivity index (χ3n) is 4.25. The van der Waals surface area contributed by atoms with E-state index in [2.05, 4.69) is 15.6 Å². The number of amides is 1. The monoisotopic (exact) mass is 397 g/mol. The van der Waals surface area contributed by atoms with Gasteiger partial charge in [0.15, 0.2) is 0 Å². The van der Waals surface area contributed by atoms with Gasteiger partial charge in [0.1, 0.15) is 5.01 Å². The number of carbonyl (C=O) groups is 1. The number of piperidine rings is 1. The Balaban J connectivity index is 0.00000243. The van der Waals surface area contributed by atoms with Crippen LogP contribution in [0.4, 0.5) is 10.5 Å². The first-order valence-electron chi connectivity index (χ1n) is 8.51. The minimum Gasteiger partial charge on any atom is -0.449 e. The van der Waals surface area contributed by atoms with Crippen LogP contribution in [-0.4, -0.2) is 35.9 Å². The third-order valence-corrected chi connectivity index (χ3v) is 5.15. The van der Waals surface area contributed by atoms with Crippen molar-refractivity contribution in [2.75, 3.05) is 25.0 Å². The Kier molecular flexibility index (Phi) is 7.84. The van der Waals surface area contributed by atoms with E-state index in [4.69, 9.17) is 4.74 Å². The number of hydrogen-bond donors (Lipinski definition) is 3. The summed E-state index contributed by atoms with van der Waals surface area (Å²) in [5, 5.41) is 18.3. The fraction of sp³-hybridized carbons (Fsp3) is 0.444. The molecule has 0 radical (unpaired) electrons. The number of anilines is 1. The fourth-order valence-electron chi connectivity index (χ4n) is 2.77. The van der Waals surface area contributed by atoms with Gasteiger partial charge in [-0.15, -0.1) is 23.7 Å². The molecule has 1 aromatic carbocycles. The van der Waals surface area contributed by atoms with Gasteiger partial charge in [-0.25, -0.2) is 9.78 Å². The molecule has 1 atom stereocenters. The lowest BCUT2D eigenvalue weighted by Gasteiger charge is -2.22. The summed E-state index contributed by atoms with van der Waals surface area (Å²) in [6.45, 7) is 4.09. The maximum Gasteiger partial charge on any atom is 0.411 e. The number of halogens is 1. The Bertz CT molecular complexity index is 717. The summed E-state index contributed by atoms with van der Waals surface area (Å²) in [5.41, 5.74) is 2.10.